The molecular formula is C8H15N3O2S. The Morgan fingerprint density at radius 2 is 2.29 bits per heavy atom. The summed E-state index contributed by atoms with van der Waals surface area (Å²) in [6, 6.07) is 0. The average Bonchev–Trinajstić information content (AvgIpc) is 2.65. The highest BCUT2D eigenvalue weighted by atomic mass is 32.1. The molecule has 1 aromatic heterocycles. The van der Waals surface area contributed by atoms with Gasteiger partial charge in [0.15, 0.2) is 5.13 Å². The maximum absolute atomic E-state index is 5.36. The van der Waals surface area contributed by atoms with E-state index >= 15 is 0 Å². The summed E-state index contributed by atoms with van der Waals surface area (Å²) in [4.78, 5) is 5.07. The lowest BCUT2D eigenvalue weighted by Gasteiger charge is -2.01. The van der Waals surface area contributed by atoms with Crippen LogP contribution in [0, 0.1) is 0 Å². The lowest BCUT2D eigenvalue weighted by atomic mass is 10.6. The zero-order chi connectivity index (χ0) is 10.2. The summed E-state index contributed by atoms with van der Waals surface area (Å²) in [7, 11) is 0. The number of thiazole rings is 1. The first kappa shape index (κ1) is 11.4. The van der Waals surface area contributed by atoms with E-state index in [2.05, 4.69) is 10.4 Å². The molecule has 0 aliphatic heterocycles. The van der Waals surface area contributed by atoms with Crippen molar-refractivity contribution < 1.29 is 9.47 Å². The third kappa shape index (κ3) is 4.01. The molecule has 0 spiro atoms. The van der Waals surface area contributed by atoms with Gasteiger partial charge < -0.3 is 9.47 Å². The van der Waals surface area contributed by atoms with Gasteiger partial charge >= 0.3 is 0 Å². The quantitative estimate of drug-likeness (QED) is 0.405. The normalized spacial score (nSPS) is 10.4. The van der Waals surface area contributed by atoms with E-state index in [-0.39, 0.29) is 0 Å². The van der Waals surface area contributed by atoms with Crippen LogP contribution in [0.15, 0.2) is 6.20 Å². The fourth-order valence-electron chi connectivity index (χ4n) is 0.876. The van der Waals surface area contributed by atoms with Crippen LogP contribution in [0.1, 0.15) is 11.8 Å². The van der Waals surface area contributed by atoms with E-state index in [0.29, 0.717) is 25.0 Å². The van der Waals surface area contributed by atoms with Gasteiger partial charge in [-0.2, -0.15) is 0 Å². The van der Waals surface area contributed by atoms with Crippen molar-refractivity contribution in [2.24, 2.45) is 5.84 Å². The van der Waals surface area contributed by atoms with Gasteiger partial charge in [0.2, 0.25) is 0 Å². The third-order valence-corrected chi connectivity index (χ3v) is 2.40. The van der Waals surface area contributed by atoms with Gasteiger partial charge in [0.25, 0.3) is 0 Å². The second-order valence-electron chi connectivity index (χ2n) is 2.53. The topological polar surface area (TPSA) is 69.4 Å². The van der Waals surface area contributed by atoms with E-state index in [9.17, 15) is 0 Å². The first-order valence-electron chi connectivity index (χ1n) is 4.43. The lowest BCUT2D eigenvalue weighted by Crippen LogP contribution is -2.05. The molecule has 80 valence electrons. The molecule has 5 nitrogen and oxygen atoms in total. The molecule has 0 radical (unpaired) electrons. The highest BCUT2D eigenvalue weighted by molar-refractivity contribution is 7.15. The van der Waals surface area contributed by atoms with Crippen molar-refractivity contribution in [1.29, 1.82) is 0 Å². The molecule has 0 saturated carbocycles. The van der Waals surface area contributed by atoms with Crippen LogP contribution >= 0.6 is 11.3 Å². The molecule has 1 heterocycles. The highest BCUT2D eigenvalue weighted by Crippen LogP contribution is 2.17. The first-order valence-corrected chi connectivity index (χ1v) is 5.25. The second-order valence-corrected chi connectivity index (χ2v) is 3.64. The molecule has 0 fully saturated rings. The summed E-state index contributed by atoms with van der Waals surface area (Å²) >= 11 is 1.48. The fourth-order valence-corrected chi connectivity index (χ4v) is 1.54. The van der Waals surface area contributed by atoms with Crippen LogP contribution < -0.4 is 11.3 Å². The summed E-state index contributed by atoms with van der Waals surface area (Å²) < 4.78 is 10.5. The number of hydrazine groups is 1. The maximum Gasteiger partial charge on any atom is 0.197 e. The zero-order valence-electron chi connectivity index (χ0n) is 8.16. The van der Waals surface area contributed by atoms with Crippen molar-refractivity contribution in [3.05, 3.63) is 11.1 Å². The van der Waals surface area contributed by atoms with E-state index in [1.165, 1.54) is 11.3 Å². The molecule has 14 heavy (non-hydrogen) atoms. The third-order valence-electron chi connectivity index (χ3n) is 1.50. The van der Waals surface area contributed by atoms with Gasteiger partial charge in [0.05, 0.1) is 24.7 Å². The molecule has 0 aliphatic rings. The molecule has 0 aromatic carbocycles. The van der Waals surface area contributed by atoms with Crippen LogP contribution in [0.25, 0.3) is 0 Å². The Hall–Kier alpha value is -0.690. The SMILES string of the molecule is CCOCCOCc1cnc(NN)s1. The van der Waals surface area contributed by atoms with Crippen molar-refractivity contribution in [3.63, 3.8) is 0 Å². The van der Waals surface area contributed by atoms with Crippen molar-refractivity contribution in [1.82, 2.24) is 4.98 Å². The number of nitrogens with zero attached hydrogens (tertiary/aromatic N) is 1. The maximum atomic E-state index is 5.36. The van der Waals surface area contributed by atoms with Crippen molar-refractivity contribution in [3.8, 4) is 0 Å². The van der Waals surface area contributed by atoms with E-state index in [1.54, 1.807) is 6.20 Å². The van der Waals surface area contributed by atoms with Crippen molar-refractivity contribution in [2.45, 2.75) is 13.5 Å². The van der Waals surface area contributed by atoms with Gasteiger partial charge in [0, 0.05) is 12.8 Å². The van der Waals surface area contributed by atoms with E-state index in [0.717, 1.165) is 11.5 Å². The van der Waals surface area contributed by atoms with Crippen LogP contribution in [-0.2, 0) is 16.1 Å². The van der Waals surface area contributed by atoms with Crippen molar-refractivity contribution in [2.75, 3.05) is 25.2 Å². The molecule has 3 N–H and O–H groups in total. The number of aromatic nitrogens is 1. The molecule has 0 aliphatic carbocycles. The number of nitrogen functional groups attached to an aromatic ring is 1. The molecule has 1 rings (SSSR count). The Balaban J connectivity index is 2.12. The van der Waals surface area contributed by atoms with Gasteiger partial charge in [-0.25, -0.2) is 10.8 Å². The molecule has 0 bridgehead atoms. The van der Waals surface area contributed by atoms with Crippen LogP contribution in [0.2, 0.25) is 0 Å². The Kier molecular flexibility index (Phi) is 5.46. The second kappa shape index (κ2) is 6.72. The number of nitrogens with two attached hydrogens (primary N) is 1. The standard InChI is InChI=1S/C8H15N3O2S/c1-2-12-3-4-13-6-7-5-10-8(11-9)14-7/h5H,2-4,6,9H2,1H3,(H,10,11). The van der Waals surface area contributed by atoms with Crippen LogP contribution in [0.3, 0.4) is 0 Å². The van der Waals surface area contributed by atoms with E-state index in [4.69, 9.17) is 15.3 Å². The van der Waals surface area contributed by atoms with Crippen LogP contribution in [0.4, 0.5) is 5.13 Å². The van der Waals surface area contributed by atoms with E-state index in [1.807, 2.05) is 6.92 Å². The Morgan fingerprint density at radius 3 is 2.93 bits per heavy atom. The molecule has 0 atom stereocenters. The minimum Gasteiger partial charge on any atom is -0.379 e. The molecule has 6 heteroatoms. The number of hydrogen-bond acceptors (Lipinski definition) is 6. The number of nitrogens with one attached hydrogen (secondary N) is 1. The Bertz CT molecular complexity index is 254. The van der Waals surface area contributed by atoms with Gasteiger partial charge in [-0.05, 0) is 6.92 Å². The monoisotopic (exact) mass is 217 g/mol. The summed E-state index contributed by atoms with van der Waals surface area (Å²) in [5.41, 5.74) is 2.49. The zero-order valence-corrected chi connectivity index (χ0v) is 8.97. The number of hydrogen-bond donors (Lipinski definition) is 2. The molecule has 1 aromatic rings. The molecular weight excluding hydrogens is 202 g/mol. The van der Waals surface area contributed by atoms with Gasteiger partial charge in [-0.3, -0.25) is 5.43 Å². The minimum absolute atomic E-state index is 0.562. The largest absolute Gasteiger partial charge is 0.379 e. The van der Waals surface area contributed by atoms with Crippen molar-refractivity contribution >= 4 is 16.5 Å². The molecule has 0 saturated heterocycles. The summed E-state index contributed by atoms with van der Waals surface area (Å²) in [6.07, 6.45) is 1.75. The number of anilines is 1. The molecule has 0 amide bonds. The van der Waals surface area contributed by atoms with E-state index < -0.39 is 0 Å². The predicted molar refractivity (Wildman–Crippen MR) is 56.1 cm³/mol. The summed E-state index contributed by atoms with van der Waals surface area (Å²) in [5, 5.41) is 0.702. The first-order chi connectivity index (χ1) is 6.86. The fraction of sp³-hybridized carbons (Fsp3) is 0.625. The number of ether oxygens (including phenoxy) is 2. The lowest BCUT2D eigenvalue weighted by molar-refractivity contribution is 0.0462. The van der Waals surface area contributed by atoms with Crippen LogP contribution in [0.5, 0.6) is 0 Å². The average molecular weight is 217 g/mol. The molecule has 0 unspecified atom stereocenters. The predicted octanol–water partition coefficient (Wildman–Crippen LogP) is 0.982. The minimum atomic E-state index is 0.562. The van der Waals surface area contributed by atoms with Gasteiger partial charge in [-0.1, -0.05) is 11.3 Å². The summed E-state index contributed by atoms with van der Waals surface area (Å²) in [6.45, 7) is 4.49. The smallest absolute Gasteiger partial charge is 0.197 e. The van der Waals surface area contributed by atoms with Gasteiger partial charge in [-0.15, -0.1) is 0 Å². The Morgan fingerprint density at radius 1 is 1.50 bits per heavy atom. The Labute approximate surface area is 87.2 Å². The number of rotatable bonds is 7. The van der Waals surface area contributed by atoms with Crippen LogP contribution in [-0.4, -0.2) is 24.8 Å². The highest BCUT2D eigenvalue weighted by Gasteiger charge is 1.99. The summed E-state index contributed by atoms with van der Waals surface area (Å²) in [5.74, 6) is 5.19. The van der Waals surface area contributed by atoms with Gasteiger partial charge in [0.1, 0.15) is 0 Å².